The van der Waals surface area contributed by atoms with Gasteiger partial charge in [-0.1, -0.05) is 6.07 Å². The Morgan fingerprint density at radius 3 is 2.35 bits per heavy atom. The fraction of sp³-hybridized carbons (Fsp3) is 0.154. The Bertz CT molecular complexity index is 532. The van der Waals surface area contributed by atoms with Gasteiger partial charge in [-0.3, -0.25) is 0 Å². The molecular formula is C13H14BrN3. The molecule has 0 aliphatic heterocycles. The highest BCUT2D eigenvalue weighted by molar-refractivity contribution is 9.10. The maximum Gasteiger partial charge on any atom is 0.153 e. The molecule has 2 aromatic rings. The standard InChI is InChI=1S/C13H14BrN3/c1-8-3-9(2)5-11(4-8)17-13-12(15)6-10(14)7-16-13/h3-7H,15H2,1-2H3,(H,16,17). The van der Waals surface area contributed by atoms with Crippen molar-refractivity contribution < 1.29 is 0 Å². The van der Waals surface area contributed by atoms with Gasteiger partial charge in [-0.15, -0.1) is 0 Å². The molecule has 0 radical (unpaired) electrons. The molecule has 3 N–H and O–H groups in total. The Hall–Kier alpha value is -1.55. The molecule has 0 amide bonds. The number of aryl methyl sites for hydroxylation is 2. The van der Waals surface area contributed by atoms with Crippen LogP contribution in [0.3, 0.4) is 0 Å². The Morgan fingerprint density at radius 1 is 1.12 bits per heavy atom. The van der Waals surface area contributed by atoms with Crippen LogP contribution in [0.4, 0.5) is 17.2 Å². The monoisotopic (exact) mass is 291 g/mol. The van der Waals surface area contributed by atoms with Crippen molar-refractivity contribution in [2.45, 2.75) is 13.8 Å². The molecule has 2 rings (SSSR count). The molecule has 0 fully saturated rings. The number of aromatic nitrogens is 1. The van der Waals surface area contributed by atoms with Gasteiger partial charge in [0.1, 0.15) is 0 Å². The van der Waals surface area contributed by atoms with Crippen LogP contribution in [0.15, 0.2) is 34.9 Å². The number of nitrogens with zero attached hydrogens (tertiary/aromatic N) is 1. The first-order valence-electron chi connectivity index (χ1n) is 5.31. The predicted molar refractivity (Wildman–Crippen MR) is 75.5 cm³/mol. The van der Waals surface area contributed by atoms with Crippen LogP contribution >= 0.6 is 15.9 Å². The van der Waals surface area contributed by atoms with Crippen molar-refractivity contribution in [3.63, 3.8) is 0 Å². The topological polar surface area (TPSA) is 50.9 Å². The number of hydrogen-bond acceptors (Lipinski definition) is 3. The zero-order valence-electron chi connectivity index (χ0n) is 9.79. The Kier molecular flexibility index (Phi) is 3.33. The van der Waals surface area contributed by atoms with Crippen LogP contribution in [0.1, 0.15) is 11.1 Å². The average molecular weight is 292 g/mol. The summed E-state index contributed by atoms with van der Waals surface area (Å²) in [6.07, 6.45) is 1.72. The van der Waals surface area contributed by atoms with Gasteiger partial charge >= 0.3 is 0 Å². The molecule has 4 heteroatoms. The van der Waals surface area contributed by atoms with Crippen molar-refractivity contribution in [1.82, 2.24) is 4.98 Å². The molecular weight excluding hydrogens is 278 g/mol. The molecule has 1 aromatic heterocycles. The van der Waals surface area contributed by atoms with Gasteiger partial charge in [-0.05, 0) is 59.1 Å². The van der Waals surface area contributed by atoms with Crippen LogP contribution in [-0.4, -0.2) is 4.98 Å². The summed E-state index contributed by atoms with van der Waals surface area (Å²) < 4.78 is 0.876. The molecule has 0 atom stereocenters. The quantitative estimate of drug-likeness (QED) is 0.885. The van der Waals surface area contributed by atoms with Crippen molar-refractivity contribution >= 4 is 33.1 Å². The van der Waals surface area contributed by atoms with Gasteiger partial charge < -0.3 is 11.1 Å². The second-order valence-corrected chi connectivity index (χ2v) is 5.01. The number of rotatable bonds is 2. The lowest BCUT2D eigenvalue weighted by Gasteiger charge is -2.10. The van der Waals surface area contributed by atoms with Crippen LogP contribution < -0.4 is 11.1 Å². The number of benzene rings is 1. The first kappa shape index (κ1) is 11.9. The Morgan fingerprint density at radius 2 is 1.76 bits per heavy atom. The minimum Gasteiger partial charge on any atom is -0.396 e. The fourth-order valence-electron chi connectivity index (χ4n) is 1.74. The first-order chi connectivity index (χ1) is 8.04. The lowest BCUT2D eigenvalue weighted by atomic mass is 10.1. The second-order valence-electron chi connectivity index (χ2n) is 4.09. The normalized spacial score (nSPS) is 10.3. The van der Waals surface area contributed by atoms with E-state index in [1.165, 1.54) is 11.1 Å². The highest BCUT2D eigenvalue weighted by Gasteiger charge is 2.03. The van der Waals surface area contributed by atoms with Crippen LogP contribution in [0.2, 0.25) is 0 Å². The van der Waals surface area contributed by atoms with Gasteiger partial charge in [0.15, 0.2) is 5.82 Å². The number of hydrogen-bond donors (Lipinski definition) is 2. The van der Waals surface area contributed by atoms with E-state index < -0.39 is 0 Å². The van der Waals surface area contributed by atoms with Gasteiger partial charge in [-0.25, -0.2) is 4.98 Å². The highest BCUT2D eigenvalue weighted by atomic mass is 79.9. The van der Waals surface area contributed by atoms with Crippen LogP contribution in [0.25, 0.3) is 0 Å². The van der Waals surface area contributed by atoms with Crippen molar-refractivity contribution in [2.24, 2.45) is 0 Å². The SMILES string of the molecule is Cc1cc(C)cc(Nc2ncc(Br)cc2N)c1. The molecule has 1 aromatic carbocycles. The molecule has 0 saturated heterocycles. The first-order valence-corrected chi connectivity index (χ1v) is 6.10. The number of halogens is 1. The number of nitrogens with two attached hydrogens (primary N) is 1. The Balaban J connectivity index is 2.31. The van der Waals surface area contributed by atoms with Crippen molar-refractivity contribution in [3.8, 4) is 0 Å². The maximum absolute atomic E-state index is 5.89. The van der Waals surface area contributed by atoms with Gasteiger partial charge in [0, 0.05) is 16.4 Å². The summed E-state index contributed by atoms with van der Waals surface area (Å²) in [4.78, 5) is 4.25. The fourth-order valence-corrected chi connectivity index (χ4v) is 2.09. The smallest absolute Gasteiger partial charge is 0.153 e. The molecule has 1 heterocycles. The minimum absolute atomic E-state index is 0.624. The summed E-state index contributed by atoms with van der Waals surface area (Å²) in [6, 6.07) is 8.09. The van der Waals surface area contributed by atoms with Crippen LogP contribution in [0, 0.1) is 13.8 Å². The third kappa shape index (κ3) is 2.97. The third-order valence-corrected chi connectivity index (χ3v) is 2.80. The zero-order valence-corrected chi connectivity index (χ0v) is 11.4. The van der Waals surface area contributed by atoms with Gasteiger partial charge in [0.2, 0.25) is 0 Å². The van der Waals surface area contributed by atoms with E-state index in [0.717, 1.165) is 10.2 Å². The van der Waals surface area contributed by atoms with E-state index in [4.69, 9.17) is 5.73 Å². The van der Waals surface area contributed by atoms with Crippen LogP contribution in [-0.2, 0) is 0 Å². The molecule has 0 aliphatic carbocycles. The highest BCUT2D eigenvalue weighted by Crippen LogP contribution is 2.24. The van der Waals surface area contributed by atoms with E-state index in [-0.39, 0.29) is 0 Å². The molecule has 0 unspecified atom stereocenters. The minimum atomic E-state index is 0.624. The predicted octanol–water partition coefficient (Wildman–Crippen LogP) is 3.79. The average Bonchev–Trinajstić information content (AvgIpc) is 2.21. The summed E-state index contributed by atoms with van der Waals surface area (Å²) in [7, 11) is 0. The molecule has 0 saturated carbocycles. The zero-order chi connectivity index (χ0) is 12.4. The van der Waals surface area contributed by atoms with E-state index in [1.54, 1.807) is 6.20 Å². The van der Waals surface area contributed by atoms with E-state index in [2.05, 4.69) is 58.3 Å². The lowest BCUT2D eigenvalue weighted by Crippen LogP contribution is -1.99. The molecule has 0 bridgehead atoms. The van der Waals surface area contributed by atoms with E-state index >= 15 is 0 Å². The van der Waals surface area contributed by atoms with Gasteiger partial charge in [0.25, 0.3) is 0 Å². The van der Waals surface area contributed by atoms with E-state index in [0.29, 0.717) is 11.5 Å². The number of pyridine rings is 1. The van der Waals surface area contributed by atoms with Crippen molar-refractivity contribution in [1.29, 1.82) is 0 Å². The molecule has 17 heavy (non-hydrogen) atoms. The molecule has 0 spiro atoms. The summed E-state index contributed by atoms with van der Waals surface area (Å²) in [5, 5.41) is 3.22. The summed E-state index contributed by atoms with van der Waals surface area (Å²) >= 11 is 3.33. The van der Waals surface area contributed by atoms with Crippen molar-refractivity contribution in [2.75, 3.05) is 11.1 Å². The van der Waals surface area contributed by atoms with Gasteiger partial charge in [-0.2, -0.15) is 0 Å². The number of nitrogens with one attached hydrogen (secondary N) is 1. The summed E-state index contributed by atoms with van der Waals surface area (Å²) in [5.41, 5.74) is 9.94. The van der Waals surface area contributed by atoms with Crippen molar-refractivity contribution in [3.05, 3.63) is 46.1 Å². The third-order valence-electron chi connectivity index (χ3n) is 2.37. The van der Waals surface area contributed by atoms with E-state index in [9.17, 15) is 0 Å². The molecule has 0 aliphatic rings. The number of nitrogen functional groups attached to an aromatic ring is 1. The van der Waals surface area contributed by atoms with Crippen LogP contribution in [0.5, 0.6) is 0 Å². The number of anilines is 3. The van der Waals surface area contributed by atoms with E-state index in [1.807, 2.05) is 6.07 Å². The molecule has 3 nitrogen and oxygen atoms in total. The summed E-state index contributed by atoms with van der Waals surface area (Å²) in [6.45, 7) is 4.13. The summed E-state index contributed by atoms with van der Waals surface area (Å²) in [5.74, 6) is 0.679. The largest absolute Gasteiger partial charge is 0.396 e. The molecule has 88 valence electrons. The second kappa shape index (κ2) is 4.75. The van der Waals surface area contributed by atoms with Gasteiger partial charge in [0.05, 0.1) is 5.69 Å². The maximum atomic E-state index is 5.89. The Labute approximate surface area is 109 Å². The lowest BCUT2D eigenvalue weighted by molar-refractivity contribution is 1.29.